The Bertz CT molecular complexity index is 528. The third kappa shape index (κ3) is 2.45. The molecule has 0 saturated heterocycles. The lowest BCUT2D eigenvalue weighted by molar-refractivity contribution is 0.386. The fourth-order valence-corrected chi connectivity index (χ4v) is 1.54. The number of nitrogens with one attached hydrogen (secondary N) is 1. The number of aromatic nitrogens is 4. The summed E-state index contributed by atoms with van der Waals surface area (Å²) in [5.74, 6) is 0.376. The molecule has 0 saturated carbocycles. The van der Waals surface area contributed by atoms with Gasteiger partial charge >= 0.3 is 0 Å². The summed E-state index contributed by atoms with van der Waals surface area (Å²) in [5.41, 5.74) is 0.561. The Morgan fingerprint density at radius 3 is 2.94 bits per heavy atom. The van der Waals surface area contributed by atoms with Crippen molar-refractivity contribution in [1.29, 1.82) is 0 Å². The fourth-order valence-electron chi connectivity index (χ4n) is 1.54. The Balaban J connectivity index is 2.31. The molecule has 0 aliphatic carbocycles. The van der Waals surface area contributed by atoms with Gasteiger partial charge in [-0.2, -0.15) is 4.68 Å². The highest BCUT2D eigenvalue weighted by atomic mass is 19.1. The van der Waals surface area contributed by atoms with Crippen molar-refractivity contribution < 1.29 is 9.13 Å². The van der Waals surface area contributed by atoms with Crippen LogP contribution in [0.2, 0.25) is 0 Å². The number of nitrogens with zero attached hydrogens (tertiary/aromatic N) is 4. The second kappa shape index (κ2) is 5.54. The molecule has 1 N–H and O–H groups in total. The molecule has 7 heteroatoms. The van der Waals surface area contributed by atoms with E-state index in [1.165, 1.54) is 17.9 Å². The van der Waals surface area contributed by atoms with E-state index in [1.54, 1.807) is 12.1 Å². The SMILES string of the molecule is CCNCc1nnnn1-c1ccc(OC)c(F)c1. The Morgan fingerprint density at radius 1 is 1.44 bits per heavy atom. The molecule has 0 fully saturated rings. The van der Waals surface area contributed by atoms with Crippen molar-refractivity contribution in [2.45, 2.75) is 13.5 Å². The predicted molar refractivity (Wildman–Crippen MR) is 63.0 cm³/mol. The normalized spacial score (nSPS) is 10.6. The zero-order valence-corrected chi connectivity index (χ0v) is 10.2. The van der Waals surface area contributed by atoms with Crippen LogP contribution in [0.3, 0.4) is 0 Å². The minimum atomic E-state index is -0.445. The number of halogens is 1. The van der Waals surface area contributed by atoms with Crippen LogP contribution in [0.1, 0.15) is 12.7 Å². The first-order chi connectivity index (χ1) is 8.76. The number of methoxy groups -OCH3 is 1. The highest BCUT2D eigenvalue weighted by Crippen LogP contribution is 2.19. The second-order valence-corrected chi connectivity index (χ2v) is 3.61. The van der Waals surface area contributed by atoms with E-state index in [2.05, 4.69) is 20.8 Å². The smallest absolute Gasteiger partial charge is 0.170 e. The Labute approximate surface area is 104 Å². The van der Waals surface area contributed by atoms with Crippen molar-refractivity contribution in [3.8, 4) is 11.4 Å². The number of hydrogen-bond donors (Lipinski definition) is 1. The first-order valence-corrected chi connectivity index (χ1v) is 5.58. The molecule has 2 aromatic rings. The monoisotopic (exact) mass is 251 g/mol. The molecular formula is C11H14FN5O. The van der Waals surface area contributed by atoms with Crippen molar-refractivity contribution in [3.05, 3.63) is 29.8 Å². The summed E-state index contributed by atoms with van der Waals surface area (Å²) in [6, 6.07) is 4.59. The summed E-state index contributed by atoms with van der Waals surface area (Å²) >= 11 is 0. The standard InChI is InChI=1S/C11H14FN5O/c1-3-13-7-11-14-15-16-17(11)8-4-5-10(18-2)9(12)6-8/h4-6,13H,3,7H2,1-2H3. The molecule has 0 aliphatic heterocycles. The average Bonchev–Trinajstić information content (AvgIpc) is 2.84. The Morgan fingerprint density at radius 2 is 2.28 bits per heavy atom. The molecule has 0 atom stereocenters. The number of benzene rings is 1. The third-order valence-electron chi connectivity index (χ3n) is 2.45. The van der Waals surface area contributed by atoms with Crippen molar-refractivity contribution >= 4 is 0 Å². The van der Waals surface area contributed by atoms with E-state index in [4.69, 9.17) is 4.74 Å². The van der Waals surface area contributed by atoms with Crippen LogP contribution in [0.4, 0.5) is 4.39 Å². The lowest BCUT2D eigenvalue weighted by atomic mass is 10.3. The zero-order valence-electron chi connectivity index (χ0n) is 10.2. The van der Waals surface area contributed by atoms with Gasteiger partial charge in [-0.15, -0.1) is 5.10 Å². The van der Waals surface area contributed by atoms with E-state index in [-0.39, 0.29) is 5.75 Å². The molecule has 0 spiro atoms. The quantitative estimate of drug-likeness (QED) is 0.856. The minimum absolute atomic E-state index is 0.194. The molecule has 0 unspecified atom stereocenters. The maximum absolute atomic E-state index is 13.6. The molecule has 0 aliphatic rings. The average molecular weight is 251 g/mol. The summed E-state index contributed by atoms with van der Waals surface area (Å²) in [6.45, 7) is 3.32. The number of rotatable bonds is 5. The minimum Gasteiger partial charge on any atom is -0.494 e. The number of hydrogen-bond acceptors (Lipinski definition) is 5. The van der Waals surface area contributed by atoms with E-state index in [9.17, 15) is 4.39 Å². The molecule has 2 rings (SSSR count). The van der Waals surface area contributed by atoms with Crippen LogP contribution in [0.5, 0.6) is 5.75 Å². The Kier molecular flexibility index (Phi) is 3.83. The van der Waals surface area contributed by atoms with Crippen LogP contribution >= 0.6 is 0 Å². The highest BCUT2D eigenvalue weighted by Gasteiger charge is 2.10. The summed E-state index contributed by atoms with van der Waals surface area (Å²) in [6.07, 6.45) is 0. The molecule has 96 valence electrons. The second-order valence-electron chi connectivity index (χ2n) is 3.61. The van der Waals surface area contributed by atoms with Gasteiger partial charge in [-0.05, 0) is 29.1 Å². The molecule has 18 heavy (non-hydrogen) atoms. The maximum atomic E-state index is 13.6. The molecule has 6 nitrogen and oxygen atoms in total. The number of tetrazole rings is 1. The van der Waals surface area contributed by atoms with Gasteiger partial charge < -0.3 is 10.1 Å². The maximum Gasteiger partial charge on any atom is 0.170 e. The lowest BCUT2D eigenvalue weighted by Crippen LogP contribution is -2.16. The van der Waals surface area contributed by atoms with Crippen molar-refractivity contribution in [2.24, 2.45) is 0 Å². The molecule has 0 radical (unpaired) electrons. The van der Waals surface area contributed by atoms with Gasteiger partial charge in [0.25, 0.3) is 0 Å². The van der Waals surface area contributed by atoms with Crippen LogP contribution < -0.4 is 10.1 Å². The zero-order chi connectivity index (χ0) is 13.0. The van der Waals surface area contributed by atoms with Gasteiger partial charge in [0, 0.05) is 6.07 Å². The number of ether oxygens (including phenoxy) is 1. The predicted octanol–water partition coefficient (Wildman–Crippen LogP) is 0.919. The van der Waals surface area contributed by atoms with E-state index in [0.717, 1.165) is 6.54 Å². The summed E-state index contributed by atoms with van der Waals surface area (Å²) in [4.78, 5) is 0. The van der Waals surface area contributed by atoms with Crippen LogP contribution in [0.15, 0.2) is 18.2 Å². The van der Waals surface area contributed by atoms with Crippen molar-refractivity contribution in [2.75, 3.05) is 13.7 Å². The molecule has 0 amide bonds. The molecule has 1 aromatic heterocycles. The van der Waals surface area contributed by atoms with Gasteiger partial charge in [0.2, 0.25) is 0 Å². The van der Waals surface area contributed by atoms with Crippen LogP contribution in [-0.4, -0.2) is 33.9 Å². The highest BCUT2D eigenvalue weighted by molar-refractivity contribution is 5.38. The Hall–Kier alpha value is -2.02. The topological polar surface area (TPSA) is 64.9 Å². The molecule has 1 heterocycles. The van der Waals surface area contributed by atoms with E-state index >= 15 is 0 Å². The first kappa shape index (κ1) is 12.4. The van der Waals surface area contributed by atoms with Gasteiger partial charge in [0.05, 0.1) is 19.3 Å². The van der Waals surface area contributed by atoms with E-state index in [1.807, 2.05) is 6.92 Å². The van der Waals surface area contributed by atoms with Crippen molar-refractivity contribution in [1.82, 2.24) is 25.5 Å². The van der Waals surface area contributed by atoms with E-state index in [0.29, 0.717) is 18.1 Å². The van der Waals surface area contributed by atoms with Gasteiger partial charge in [-0.1, -0.05) is 6.92 Å². The fraction of sp³-hybridized carbons (Fsp3) is 0.364. The van der Waals surface area contributed by atoms with Gasteiger partial charge in [0.1, 0.15) is 0 Å². The van der Waals surface area contributed by atoms with Gasteiger partial charge in [-0.3, -0.25) is 0 Å². The summed E-state index contributed by atoms with van der Waals surface area (Å²) < 4.78 is 20.0. The summed E-state index contributed by atoms with van der Waals surface area (Å²) in [5, 5.41) is 14.4. The van der Waals surface area contributed by atoms with Gasteiger partial charge in [0.15, 0.2) is 17.4 Å². The molecular weight excluding hydrogens is 237 g/mol. The van der Waals surface area contributed by atoms with Gasteiger partial charge in [-0.25, -0.2) is 4.39 Å². The largest absolute Gasteiger partial charge is 0.494 e. The molecule has 0 bridgehead atoms. The lowest BCUT2D eigenvalue weighted by Gasteiger charge is -2.07. The van der Waals surface area contributed by atoms with E-state index < -0.39 is 5.82 Å². The molecule has 1 aromatic carbocycles. The van der Waals surface area contributed by atoms with Crippen LogP contribution in [0.25, 0.3) is 5.69 Å². The third-order valence-corrected chi connectivity index (χ3v) is 2.45. The summed E-state index contributed by atoms with van der Waals surface area (Å²) in [7, 11) is 1.42. The first-order valence-electron chi connectivity index (χ1n) is 5.58. The van der Waals surface area contributed by atoms with Crippen LogP contribution in [0, 0.1) is 5.82 Å². The van der Waals surface area contributed by atoms with Crippen molar-refractivity contribution in [3.63, 3.8) is 0 Å². The van der Waals surface area contributed by atoms with Crippen LogP contribution in [-0.2, 0) is 6.54 Å².